The third-order valence-electron chi connectivity index (χ3n) is 3.30. The molecule has 0 radical (unpaired) electrons. The zero-order valence-corrected chi connectivity index (χ0v) is 14.8. The van der Waals surface area contributed by atoms with Gasteiger partial charge in [0.05, 0.1) is 0 Å². The van der Waals surface area contributed by atoms with Gasteiger partial charge in [0.25, 0.3) is 10.2 Å². The number of hydrogen-bond acceptors (Lipinski definition) is 4. The van der Waals surface area contributed by atoms with Gasteiger partial charge in [0.2, 0.25) is 0 Å². The molecule has 0 aliphatic rings. The van der Waals surface area contributed by atoms with Gasteiger partial charge in [-0.15, -0.1) is 11.3 Å². The van der Waals surface area contributed by atoms with Crippen LogP contribution in [0.15, 0.2) is 11.4 Å². The average Bonchev–Trinajstić information content (AvgIpc) is 2.92. The smallest absolute Gasteiger partial charge is 0.279 e. The van der Waals surface area contributed by atoms with Crippen molar-refractivity contribution in [2.75, 3.05) is 26.7 Å². The van der Waals surface area contributed by atoms with Gasteiger partial charge in [0.15, 0.2) is 0 Å². The monoisotopic (exact) mass is 333 g/mol. The summed E-state index contributed by atoms with van der Waals surface area (Å²) >= 11 is 1.60. The zero-order chi connectivity index (χ0) is 15.7. The van der Waals surface area contributed by atoms with Crippen LogP contribution in [0.2, 0.25) is 0 Å². The summed E-state index contributed by atoms with van der Waals surface area (Å²) in [6, 6.07) is 2.05. The summed E-state index contributed by atoms with van der Waals surface area (Å²) < 4.78 is 28.4. The maximum Gasteiger partial charge on any atom is 0.279 e. The number of nitrogens with zero attached hydrogens (tertiary/aromatic N) is 1. The minimum absolute atomic E-state index is 0.377. The lowest BCUT2D eigenvalue weighted by atomic mass is 10.2. The largest absolute Gasteiger partial charge is 0.317 e. The van der Waals surface area contributed by atoms with E-state index in [9.17, 15) is 8.42 Å². The number of rotatable bonds is 11. The van der Waals surface area contributed by atoms with Crippen LogP contribution in [0.4, 0.5) is 0 Å². The van der Waals surface area contributed by atoms with Crippen LogP contribution in [-0.4, -0.2) is 39.4 Å². The standard InChI is InChI=1S/C14H27N3O2S2/c1-4-8-15-9-6-10-17(3)21(18,19)16-12-14-13(5-2)7-11-20-14/h7,11,15-16H,4-6,8-10,12H2,1-3H3. The first-order valence-corrected chi connectivity index (χ1v) is 9.80. The van der Waals surface area contributed by atoms with Gasteiger partial charge in [0.1, 0.15) is 0 Å². The first-order valence-electron chi connectivity index (χ1n) is 7.48. The van der Waals surface area contributed by atoms with E-state index in [0.29, 0.717) is 13.1 Å². The van der Waals surface area contributed by atoms with Crippen molar-refractivity contribution in [1.82, 2.24) is 14.3 Å². The van der Waals surface area contributed by atoms with Crippen molar-refractivity contribution in [3.63, 3.8) is 0 Å². The molecule has 2 N–H and O–H groups in total. The van der Waals surface area contributed by atoms with Crippen LogP contribution in [0.3, 0.4) is 0 Å². The summed E-state index contributed by atoms with van der Waals surface area (Å²) in [6.45, 7) is 6.92. The molecule has 21 heavy (non-hydrogen) atoms. The molecule has 0 atom stereocenters. The topological polar surface area (TPSA) is 61.4 Å². The molecular weight excluding hydrogens is 306 g/mol. The minimum Gasteiger partial charge on any atom is -0.317 e. The van der Waals surface area contributed by atoms with Crippen LogP contribution in [-0.2, 0) is 23.2 Å². The summed E-state index contributed by atoms with van der Waals surface area (Å²) in [5.74, 6) is 0. The van der Waals surface area contributed by atoms with E-state index in [-0.39, 0.29) is 0 Å². The highest BCUT2D eigenvalue weighted by molar-refractivity contribution is 7.87. The highest BCUT2D eigenvalue weighted by Crippen LogP contribution is 2.17. The van der Waals surface area contributed by atoms with Crippen LogP contribution in [0, 0.1) is 0 Å². The molecule has 1 rings (SSSR count). The molecule has 0 aromatic carbocycles. The first-order chi connectivity index (χ1) is 10.0. The Kier molecular flexibility index (Phi) is 8.43. The summed E-state index contributed by atoms with van der Waals surface area (Å²) in [7, 11) is -1.77. The molecule has 0 saturated carbocycles. The van der Waals surface area contributed by atoms with E-state index in [1.54, 1.807) is 18.4 Å². The van der Waals surface area contributed by atoms with E-state index >= 15 is 0 Å². The van der Waals surface area contributed by atoms with Gasteiger partial charge in [-0.1, -0.05) is 13.8 Å². The fraction of sp³-hybridized carbons (Fsp3) is 0.714. The number of nitrogens with one attached hydrogen (secondary N) is 2. The van der Waals surface area contributed by atoms with Crippen molar-refractivity contribution in [2.45, 2.75) is 39.7 Å². The van der Waals surface area contributed by atoms with Gasteiger partial charge < -0.3 is 5.32 Å². The van der Waals surface area contributed by atoms with Crippen LogP contribution >= 0.6 is 11.3 Å². The van der Waals surface area contributed by atoms with Gasteiger partial charge in [0, 0.05) is 25.0 Å². The number of hydrogen-bond donors (Lipinski definition) is 2. The highest BCUT2D eigenvalue weighted by Gasteiger charge is 2.17. The summed E-state index contributed by atoms with van der Waals surface area (Å²) in [5.41, 5.74) is 1.22. The van der Waals surface area contributed by atoms with Crippen molar-refractivity contribution in [2.24, 2.45) is 0 Å². The van der Waals surface area contributed by atoms with Crippen LogP contribution in [0.5, 0.6) is 0 Å². The molecule has 1 aromatic heterocycles. The predicted molar refractivity (Wildman–Crippen MR) is 89.9 cm³/mol. The Morgan fingerprint density at radius 3 is 2.71 bits per heavy atom. The Balaban J connectivity index is 2.38. The molecule has 0 aliphatic heterocycles. The normalized spacial score (nSPS) is 12.2. The Hall–Kier alpha value is -0.470. The van der Waals surface area contributed by atoms with Crippen LogP contribution in [0.25, 0.3) is 0 Å². The molecule has 0 fully saturated rings. The summed E-state index contributed by atoms with van der Waals surface area (Å²) in [5, 5.41) is 5.28. The quantitative estimate of drug-likeness (QED) is 0.609. The van der Waals surface area contributed by atoms with Crippen molar-refractivity contribution in [1.29, 1.82) is 0 Å². The van der Waals surface area contributed by atoms with E-state index in [2.05, 4.69) is 30.0 Å². The average molecular weight is 334 g/mol. The second kappa shape index (κ2) is 9.53. The molecule has 7 heteroatoms. The van der Waals surface area contributed by atoms with Crippen LogP contribution < -0.4 is 10.0 Å². The van der Waals surface area contributed by atoms with E-state index in [1.165, 1.54) is 9.87 Å². The van der Waals surface area contributed by atoms with Crippen molar-refractivity contribution >= 4 is 21.5 Å². The van der Waals surface area contributed by atoms with Crippen LogP contribution in [0.1, 0.15) is 37.1 Å². The fourth-order valence-electron chi connectivity index (χ4n) is 1.95. The number of aryl methyl sites for hydroxylation is 1. The van der Waals surface area contributed by atoms with Gasteiger partial charge in [-0.3, -0.25) is 0 Å². The van der Waals surface area contributed by atoms with E-state index in [0.717, 1.165) is 37.2 Å². The third-order valence-corrected chi connectivity index (χ3v) is 5.77. The van der Waals surface area contributed by atoms with Gasteiger partial charge in [-0.2, -0.15) is 17.4 Å². The first kappa shape index (κ1) is 18.6. The maximum atomic E-state index is 12.1. The maximum absolute atomic E-state index is 12.1. The molecule has 0 saturated heterocycles. The summed E-state index contributed by atoms with van der Waals surface area (Å²) in [4.78, 5) is 1.10. The lowest BCUT2D eigenvalue weighted by Crippen LogP contribution is -2.39. The molecule has 5 nitrogen and oxygen atoms in total. The molecule has 0 bridgehead atoms. The number of thiophene rings is 1. The molecule has 122 valence electrons. The second-order valence-corrected chi connectivity index (χ2v) is 7.84. The third kappa shape index (κ3) is 6.44. The van der Waals surface area contributed by atoms with E-state index < -0.39 is 10.2 Å². The van der Waals surface area contributed by atoms with Crippen molar-refractivity contribution in [3.8, 4) is 0 Å². The highest BCUT2D eigenvalue weighted by atomic mass is 32.2. The van der Waals surface area contributed by atoms with E-state index in [1.807, 2.05) is 5.38 Å². The minimum atomic E-state index is -3.39. The summed E-state index contributed by atoms with van der Waals surface area (Å²) in [6.07, 6.45) is 2.84. The van der Waals surface area contributed by atoms with E-state index in [4.69, 9.17) is 0 Å². The predicted octanol–water partition coefficient (Wildman–Crippen LogP) is 1.97. The Morgan fingerprint density at radius 2 is 2.05 bits per heavy atom. The second-order valence-electron chi connectivity index (χ2n) is 4.97. The molecule has 1 heterocycles. The SMILES string of the molecule is CCCNCCCN(C)S(=O)(=O)NCc1sccc1CC. The molecule has 0 unspecified atom stereocenters. The van der Waals surface area contributed by atoms with Gasteiger partial charge >= 0.3 is 0 Å². The molecule has 0 aliphatic carbocycles. The Bertz CT molecular complexity index is 500. The Labute approximate surface area is 132 Å². The van der Waals surface area contributed by atoms with Crippen molar-refractivity contribution in [3.05, 3.63) is 21.9 Å². The molecule has 0 spiro atoms. The zero-order valence-electron chi connectivity index (χ0n) is 13.2. The molecular formula is C14H27N3O2S2. The Morgan fingerprint density at radius 1 is 1.29 bits per heavy atom. The fourth-order valence-corrected chi connectivity index (χ4v) is 3.88. The van der Waals surface area contributed by atoms with Gasteiger partial charge in [-0.05, 0) is 49.4 Å². The lowest BCUT2D eigenvalue weighted by molar-refractivity contribution is 0.444. The van der Waals surface area contributed by atoms with Crippen molar-refractivity contribution < 1.29 is 8.42 Å². The molecule has 1 aromatic rings. The lowest BCUT2D eigenvalue weighted by Gasteiger charge is -2.17. The molecule has 0 amide bonds. The van der Waals surface area contributed by atoms with Gasteiger partial charge in [-0.25, -0.2) is 0 Å².